The number of amides is 2. The van der Waals surface area contributed by atoms with Crippen LogP contribution in [0.5, 0.6) is 0 Å². The van der Waals surface area contributed by atoms with E-state index in [0.29, 0.717) is 18.4 Å². The van der Waals surface area contributed by atoms with E-state index in [1.807, 2.05) is 11.1 Å². The molecule has 0 saturated carbocycles. The van der Waals surface area contributed by atoms with E-state index in [1.54, 1.807) is 6.08 Å². The van der Waals surface area contributed by atoms with E-state index in [4.69, 9.17) is 0 Å². The lowest BCUT2D eigenvalue weighted by Crippen LogP contribution is -2.45. The molecule has 1 aromatic heterocycles. The standard InChI is InChI=1S/C16H26N4O/c1-4-7-18-16(21)19-9-5-14(6-10-19)12-20-11-8-17-15(20)13(2)3/h4,8,11,13-14H,1,5-7,9-10,12H2,2-3H3,(H,18,21). The van der Waals surface area contributed by atoms with Crippen LogP contribution in [0.15, 0.2) is 25.0 Å². The summed E-state index contributed by atoms with van der Waals surface area (Å²) < 4.78 is 2.27. The number of hydrogen-bond acceptors (Lipinski definition) is 2. The number of rotatable bonds is 5. The number of carbonyl (C=O) groups is 1. The van der Waals surface area contributed by atoms with Gasteiger partial charge in [0.2, 0.25) is 0 Å². The molecule has 1 aliphatic heterocycles. The van der Waals surface area contributed by atoms with Crippen LogP contribution < -0.4 is 5.32 Å². The SMILES string of the molecule is C=CCNC(=O)N1CCC(Cn2ccnc2C(C)C)CC1. The van der Waals surface area contributed by atoms with Gasteiger partial charge in [-0.25, -0.2) is 9.78 Å². The molecular formula is C16H26N4O. The van der Waals surface area contributed by atoms with Crippen LogP contribution in [-0.2, 0) is 6.54 Å². The molecule has 0 bridgehead atoms. The largest absolute Gasteiger partial charge is 0.335 e. The van der Waals surface area contributed by atoms with Crippen molar-refractivity contribution >= 4 is 6.03 Å². The minimum atomic E-state index is 0.0267. The molecule has 5 nitrogen and oxygen atoms in total. The second-order valence-electron chi connectivity index (χ2n) is 6.00. The lowest BCUT2D eigenvalue weighted by atomic mass is 9.96. The third-order valence-electron chi connectivity index (χ3n) is 4.02. The molecular weight excluding hydrogens is 264 g/mol. The Kier molecular flexibility index (Phi) is 5.42. The van der Waals surface area contributed by atoms with Gasteiger partial charge in [0, 0.05) is 44.5 Å². The predicted molar refractivity (Wildman–Crippen MR) is 84.2 cm³/mol. The number of likely N-dealkylation sites (tertiary alicyclic amines) is 1. The van der Waals surface area contributed by atoms with Gasteiger partial charge < -0.3 is 14.8 Å². The summed E-state index contributed by atoms with van der Waals surface area (Å²) in [6.45, 7) is 11.2. The Balaban J connectivity index is 1.82. The Bertz CT molecular complexity index is 472. The van der Waals surface area contributed by atoms with Crippen molar-refractivity contribution in [1.29, 1.82) is 0 Å². The maximum absolute atomic E-state index is 11.9. The summed E-state index contributed by atoms with van der Waals surface area (Å²) in [4.78, 5) is 18.2. The average molecular weight is 290 g/mol. The molecule has 0 radical (unpaired) electrons. The molecule has 2 amide bonds. The Morgan fingerprint density at radius 3 is 2.86 bits per heavy atom. The first-order valence-electron chi connectivity index (χ1n) is 7.76. The highest BCUT2D eigenvalue weighted by molar-refractivity contribution is 5.74. The number of carbonyl (C=O) groups excluding carboxylic acids is 1. The van der Waals surface area contributed by atoms with E-state index in [2.05, 4.69) is 41.5 Å². The van der Waals surface area contributed by atoms with E-state index < -0.39 is 0 Å². The van der Waals surface area contributed by atoms with E-state index in [1.165, 1.54) is 0 Å². The van der Waals surface area contributed by atoms with Crippen molar-refractivity contribution in [2.24, 2.45) is 5.92 Å². The van der Waals surface area contributed by atoms with E-state index in [0.717, 1.165) is 38.3 Å². The van der Waals surface area contributed by atoms with Crippen molar-refractivity contribution in [2.45, 2.75) is 39.2 Å². The van der Waals surface area contributed by atoms with Crippen molar-refractivity contribution in [1.82, 2.24) is 19.8 Å². The zero-order chi connectivity index (χ0) is 15.2. The van der Waals surface area contributed by atoms with Gasteiger partial charge in [-0.05, 0) is 18.8 Å². The molecule has 5 heteroatoms. The van der Waals surface area contributed by atoms with Gasteiger partial charge in [0.1, 0.15) is 5.82 Å². The lowest BCUT2D eigenvalue weighted by molar-refractivity contribution is 0.166. The van der Waals surface area contributed by atoms with Gasteiger partial charge in [-0.1, -0.05) is 19.9 Å². The molecule has 2 heterocycles. The molecule has 1 aliphatic rings. The summed E-state index contributed by atoms with van der Waals surface area (Å²) in [7, 11) is 0. The topological polar surface area (TPSA) is 50.2 Å². The van der Waals surface area contributed by atoms with Crippen LogP contribution in [0.3, 0.4) is 0 Å². The van der Waals surface area contributed by atoms with Gasteiger partial charge in [0.15, 0.2) is 0 Å². The molecule has 1 N–H and O–H groups in total. The fraction of sp³-hybridized carbons (Fsp3) is 0.625. The summed E-state index contributed by atoms with van der Waals surface area (Å²) >= 11 is 0. The number of hydrogen-bond donors (Lipinski definition) is 1. The fourth-order valence-corrected chi connectivity index (χ4v) is 2.84. The summed E-state index contributed by atoms with van der Waals surface area (Å²) in [5.41, 5.74) is 0. The monoisotopic (exact) mass is 290 g/mol. The van der Waals surface area contributed by atoms with Crippen LogP contribution in [0.2, 0.25) is 0 Å². The second kappa shape index (κ2) is 7.29. The van der Waals surface area contributed by atoms with Crippen molar-refractivity contribution < 1.29 is 4.79 Å². The van der Waals surface area contributed by atoms with Gasteiger partial charge in [-0.3, -0.25) is 0 Å². The minimum Gasteiger partial charge on any atom is -0.335 e. The van der Waals surface area contributed by atoms with E-state index in [9.17, 15) is 4.79 Å². The quantitative estimate of drug-likeness (QED) is 0.847. The smallest absolute Gasteiger partial charge is 0.317 e. The zero-order valence-electron chi connectivity index (χ0n) is 13.1. The third-order valence-corrected chi connectivity index (χ3v) is 4.02. The Hall–Kier alpha value is -1.78. The summed E-state index contributed by atoms with van der Waals surface area (Å²) in [5.74, 6) is 2.23. The average Bonchev–Trinajstić information content (AvgIpc) is 2.94. The molecule has 0 atom stereocenters. The number of nitrogens with zero attached hydrogens (tertiary/aromatic N) is 3. The fourth-order valence-electron chi connectivity index (χ4n) is 2.84. The molecule has 1 saturated heterocycles. The van der Waals surface area contributed by atoms with Gasteiger partial charge in [-0.2, -0.15) is 0 Å². The number of nitrogens with one attached hydrogen (secondary N) is 1. The Morgan fingerprint density at radius 2 is 2.24 bits per heavy atom. The highest BCUT2D eigenvalue weighted by Gasteiger charge is 2.23. The first-order valence-corrected chi connectivity index (χ1v) is 7.76. The number of piperidine rings is 1. The van der Waals surface area contributed by atoms with Gasteiger partial charge in [0.25, 0.3) is 0 Å². The van der Waals surface area contributed by atoms with Crippen LogP contribution >= 0.6 is 0 Å². The maximum atomic E-state index is 11.9. The summed E-state index contributed by atoms with van der Waals surface area (Å²) in [5, 5.41) is 2.84. The summed E-state index contributed by atoms with van der Waals surface area (Å²) in [6.07, 6.45) is 7.76. The van der Waals surface area contributed by atoms with Crippen molar-refractivity contribution in [3.05, 3.63) is 30.9 Å². The number of imidazole rings is 1. The summed E-state index contributed by atoms with van der Waals surface area (Å²) in [6, 6.07) is 0.0267. The number of aromatic nitrogens is 2. The molecule has 0 aliphatic carbocycles. The van der Waals surface area contributed by atoms with Gasteiger partial charge >= 0.3 is 6.03 Å². The van der Waals surface area contributed by atoms with Crippen molar-refractivity contribution in [3.8, 4) is 0 Å². The normalized spacial score (nSPS) is 16.2. The van der Waals surface area contributed by atoms with Crippen LogP contribution in [0, 0.1) is 5.92 Å². The molecule has 1 fully saturated rings. The molecule has 1 aromatic rings. The predicted octanol–water partition coefficient (Wildman–Crippen LogP) is 2.61. The molecule has 116 valence electrons. The minimum absolute atomic E-state index is 0.0267. The third kappa shape index (κ3) is 4.09. The van der Waals surface area contributed by atoms with E-state index in [-0.39, 0.29) is 6.03 Å². The van der Waals surface area contributed by atoms with Crippen LogP contribution in [-0.4, -0.2) is 40.1 Å². The zero-order valence-corrected chi connectivity index (χ0v) is 13.1. The Labute approximate surface area is 127 Å². The highest BCUT2D eigenvalue weighted by Crippen LogP contribution is 2.21. The first-order chi connectivity index (χ1) is 10.1. The van der Waals surface area contributed by atoms with Crippen LogP contribution in [0.25, 0.3) is 0 Å². The van der Waals surface area contributed by atoms with E-state index >= 15 is 0 Å². The number of urea groups is 1. The lowest BCUT2D eigenvalue weighted by Gasteiger charge is -2.32. The Morgan fingerprint density at radius 1 is 1.52 bits per heavy atom. The molecule has 0 spiro atoms. The molecule has 21 heavy (non-hydrogen) atoms. The molecule has 0 aromatic carbocycles. The van der Waals surface area contributed by atoms with Gasteiger partial charge in [0.05, 0.1) is 0 Å². The van der Waals surface area contributed by atoms with Gasteiger partial charge in [-0.15, -0.1) is 6.58 Å². The van der Waals surface area contributed by atoms with Crippen LogP contribution in [0.4, 0.5) is 4.79 Å². The highest BCUT2D eigenvalue weighted by atomic mass is 16.2. The second-order valence-corrected chi connectivity index (χ2v) is 6.00. The first kappa shape index (κ1) is 15.6. The van der Waals surface area contributed by atoms with Crippen molar-refractivity contribution in [3.63, 3.8) is 0 Å². The maximum Gasteiger partial charge on any atom is 0.317 e. The van der Waals surface area contributed by atoms with Crippen LogP contribution in [0.1, 0.15) is 38.4 Å². The van der Waals surface area contributed by atoms with Crippen molar-refractivity contribution in [2.75, 3.05) is 19.6 Å². The molecule has 0 unspecified atom stereocenters. The molecule has 2 rings (SSSR count).